The van der Waals surface area contributed by atoms with Gasteiger partial charge in [0, 0.05) is 3.57 Å². The largest absolute Gasteiger partial charge is 0.238 e. The molecule has 0 fully saturated rings. The molecule has 1 aromatic carbocycles. The van der Waals surface area contributed by atoms with Gasteiger partial charge in [0.25, 0.3) is 0 Å². The molecule has 2 heteroatoms. The van der Waals surface area contributed by atoms with Crippen molar-refractivity contribution in [2.75, 3.05) is 0 Å². The van der Waals surface area contributed by atoms with E-state index in [1.165, 1.54) is 0 Å². The van der Waals surface area contributed by atoms with Gasteiger partial charge in [0.1, 0.15) is 0 Å². The Hall–Kier alpha value is -0.560. The number of halogens is 1. The molecule has 0 aliphatic rings. The summed E-state index contributed by atoms with van der Waals surface area (Å²) in [4.78, 5) is 3.54. The van der Waals surface area contributed by atoms with Gasteiger partial charge in [-0.1, -0.05) is 32.9 Å². The van der Waals surface area contributed by atoms with Gasteiger partial charge in [-0.25, -0.2) is 4.85 Å². The first kappa shape index (κ1) is 10.5. The first-order valence-electron chi connectivity index (χ1n) is 4.12. The zero-order chi connectivity index (χ0) is 10.1. The molecule has 0 aromatic heterocycles. The SMILES string of the molecule is [C-]#[N+]c1cc(I)ccc1C(C)(C)C. The minimum atomic E-state index is 0.0597. The third-order valence-corrected chi connectivity index (χ3v) is 2.56. The van der Waals surface area contributed by atoms with Crippen molar-refractivity contribution < 1.29 is 0 Å². The van der Waals surface area contributed by atoms with Gasteiger partial charge >= 0.3 is 0 Å². The van der Waals surface area contributed by atoms with Crippen molar-refractivity contribution in [3.63, 3.8) is 0 Å². The molecule has 0 spiro atoms. The van der Waals surface area contributed by atoms with E-state index in [1.54, 1.807) is 0 Å². The van der Waals surface area contributed by atoms with E-state index in [2.05, 4.69) is 60.3 Å². The van der Waals surface area contributed by atoms with Crippen LogP contribution in [-0.4, -0.2) is 0 Å². The van der Waals surface area contributed by atoms with E-state index in [0.29, 0.717) is 0 Å². The lowest BCUT2D eigenvalue weighted by Crippen LogP contribution is -2.10. The molecule has 0 atom stereocenters. The minimum absolute atomic E-state index is 0.0597. The van der Waals surface area contributed by atoms with Crippen LogP contribution in [-0.2, 0) is 5.41 Å². The van der Waals surface area contributed by atoms with Gasteiger partial charge in [0.15, 0.2) is 5.69 Å². The van der Waals surface area contributed by atoms with Gasteiger partial charge in [-0.15, -0.1) is 0 Å². The van der Waals surface area contributed by atoms with Crippen molar-refractivity contribution in [3.05, 3.63) is 38.7 Å². The van der Waals surface area contributed by atoms with Crippen LogP contribution in [0.15, 0.2) is 18.2 Å². The Morgan fingerprint density at radius 3 is 2.38 bits per heavy atom. The highest BCUT2D eigenvalue weighted by Crippen LogP contribution is 2.32. The zero-order valence-electron chi connectivity index (χ0n) is 8.06. The van der Waals surface area contributed by atoms with Gasteiger partial charge in [0.2, 0.25) is 0 Å². The van der Waals surface area contributed by atoms with E-state index < -0.39 is 0 Å². The molecule has 0 radical (unpaired) electrons. The fourth-order valence-electron chi connectivity index (χ4n) is 1.23. The second kappa shape index (κ2) is 3.67. The third-order valence-electron chi connectivity index (χ3n) is 1.89. The van der Waals surface area contributed by atoms with Gasteiger partial charge in [-0.05, 0) is 39.6 Å². The average Bonchev–Trinajstić information content (AvgIpc) is 2.01. The first-order valence-corrected chi connectivity index (χ1v) is 5.20. The lowest BCUT2D eigenvalue weighted by molar-refractivity contribution is 0.593. The van der Waals surface area contributed by atoms with Crippen molar-refractivity contribution in [2.45, 2.75) is 26.2 Å². The maximum atomic E-state index is 7.08. The zero-order valence-corrected chi connectivity index (χ0v) is 10.2. The van der Waals surface area contributed by atoms with Crippen LogP contribution in [0.5, 0.6) is 0 Å². The monoisotopic (exact) mass is 285 g/mol. The third kappa shape index (κ3) is 2.44. The molecule has 68 valence electrons. The maximum Gasteiger partial charge on any atom is 0.191 e. The van der Waals surface area contributed by atoms with E-state index in [1.807, 2.05) is 6.07 Å². The molecule has 0 aliphatic heterocycles. The van der Waals surface area contributed by atoms with Gasteiger partial charge in [0.05, 0.1) is 6.57 Å². The Balaban J connectivity index is 3.32. The maximum absolute atomic E-state index is 7.08. The first-order chi connectivity index (χ1) is 5.95. The summed E-state index contributed by atoms with van der Waals surface area (Å²) in [6.07, 6.45) is 0. The van der Waals surface area contributed by atoms with E-state index in [9.17, 15) is 0 Å². The number of benzene rings is 1. The lowest BCUT2D eigenvalue weighted by atomic mass is 9.86. The van der Waals surface area contributed by atoms with Crippen molar-refractivity contribution in [1.82, 2.24) is 0 Å². The topological polar surface area (TPSA) is 4.36 Å². The fourth-order valence-corrected chi connectivity index (χ4v) is 1.71. The van der Waals surface area contributed by atoms with E-state index in [0.717, 1.165) is 14.8 Å². The van der Waals surface area contributed by atoms with Crippen LogP contribution in [0.3, 0.4) is 0 Å². The molecule has 0 saturated carbocycles. The van der Waals surface area contributed by atoms with Crippen molar-refractivity contribution in [2.24, 2.45) is 0 Å². The Labute approximate surface area is 93.1 Å². The van der Waals surface area contributed by atoms with Crippen LogP contribution < -0.4 is 0 Å². The van der Waals surface area contributed by atoms with Crippen molar-refractivity contribution in [3.8, 4) is 0 Å². The summed E-state index contributed by atoms with van der Waals surface area (Å²) in [5.41, 5.74) is 1.96. The summed E-state index contributed by atoms with van der Waals surface area (Å²) in [7, 11) is 0. The summed E-state index contributed by atoms with van der Waals surface area (Å²) < 4.78 is 1.12. The number of hydrogen-bond acceptors (Lipinski definition) is 0. The standard InChI is InChI=1S/C11H12IN/c1-11(2,3)9-6-5-8(12)7-10(9)13-4/h5-7H,1-3H3. The molecule has 0 saturated heterocycles. The molecule has 1 nitrogen and oxygen atoms in total. The predicted molar refractivity (Wildman–Crippen MR) is 64.1 cm³/mol. The van der Waals surface area contributed by atoms with Crippen LogP contribution in [0.1, 0.15) is 26.3 Å². The van der Waals surface area contributed by atoms with E-state index >= 15 is 0 Å². The molecule has 1 rings (SSSR count). The minimum Gasteiger partial charge on any atom is -0.238 e. The molecule has 0 aliphatic carbocycles. The Morgan fingerprint density at radius 2 is 1.92 bits per heavy atom. The number of nitrogens with zero attached hydrogens (tertiary/aromatic N) is 1. The van der Waals surface area contributed by atoms with E-state index in [-0.39, 0.29) is 5.41 Å². The normalized spacial score (nSPS) is 11.0. The van der Waals surface area contributed by atoms with Crippen LogP contribution in [0, 0.1) is 10.1 Å². The van der Waals surface area contributed by atoms with Crippen molar-refractivity contribution in [1.29, 1.82) is 0 Å². The smallest absolute Gasteiger partial charge is 0.191 e. The Bertz CT molecular complexity index is 355. The van der Waals surface area contributed by atoms with Crippen molar-refractivity contribution >= 4 is 28.3 Å². The van der Waals surface area contributed by atoms with Gasteiger partial charge in [-0.3, -0.25) is 0 Å². The second-order valence-electron chi connectivity index (χ2n) is 4.02. The fraction of sp³-hybridized carbons (Fsp3) is 0.364. The number of rotatable bonds is 0. The predicted octanol–water partition coefficient (Wildman–Crippen LogP) is 4.14. The number of hydrogen-bond donors (Lipinski definition) is 0. The van der Waals surface area contributed by atoms with E-state index in [4.69, 9.17) is 6.57 Å². The van der Waals surface area contributed by atoms with Crippen LogP contribution >= 0.6 is 22.6 Å². The quantitative estimate of drug-likeness (QED) is 0.498. The lowest BCUT2D eigenvalue weighted by Gasteiger charge is -2.20. The second-order valence-corrected chi connectivity index (χ2v) is 5.27. The molecule has 0 bridgehead atoms. The highest BCUT2D eigenvalue weighted by Gasteiger charge is 2.17. The molecule has 1 aromatic rings. The van der Waals surface area contributed by atoms with Gasteiger partial charge < -0.3 is 0 Å². The summed E-state index contributed by atoms with van der Waals surface area (Å²) >= 11 is 2.23. The summed E-state index contributed by atoms with van der Waals surface area (Å²) in [6, 6.07) is 6.04. The average molecular weight is 285 g/mol. The molecular weight excluding hydrogens is 273 g/mol. The Morgan fingerprint density at radius 1 is 1.31 bits per heavy atom. The summed E-state index contributed by atoms with van der Waals surface area (Å²) in [5.74, 6) is 0. The van der Waals surface area contributed by atoms with Crippen LogP contribution in [0.2, 0.25) is 0 Å². The van der Waals surface area contributed by atoms with Crippen LogP contribution in [0.4, 0.5) is 5.69 Å². The molecule has 0 heterocycles. The highest BCUT2D eigenvalue weighted by molar-refractivity contribution is 14.1. The molecule has 13 heavy (non-hydrogen) atoms. The van der Waals surface area contributed by atoms with Crippen LogP contribution in [0.25, 0.3) is 4.85 Å². The molecule has 0 N–H and O–H groups in total. The van der Waals surface area contributed by atoms with Gasteiger partial charge in [-0.2, -0.15) is 0 Å². The summed E-state index contributed by atoms with van der Waals surface area (Å²) in [5, 5.41) is 0. The summed E-state index contributed by atoms with van der Waals surface area (Å²) in [6.45, 7) is 13.5. The highest BCUT2D eigenvalue weighted by atomic mass is 127. The molecular formula is C11H12IN. The Kier molecular flexibility index (Phi) is 2.97. The molecule has 0 unspecified atom stereocenters. The molecule has 0 amide bonds.